The van der Waals surface area contributed by atoms with Gasteiger partial charge in [-0.2, -0.15) is 0 Å². The van der Waals surface area contributed by atoms with Gasteiger partial charge in [0.15, 0.2) is 11.5 Å². The third kappa shape index (κ3) is 4.19. The van der Waals surface area contributed by atoms with Crippen LogP contribution in [0.15, 0.2) is 65.3 Å². The van der Waals surface area contributed by atoms with Crippen LogP contribution in [0.25, 0.3) is 0 Å². The monoisotopic (exact) mass is 341 g/mol. The topological polar surface area (TPSA) is 57.6 Å². The van der Waals surface area contributed by atoms with Crippen molar-refractivity contribution in [2.75, 3.05) is 7.11 Å². The number of furan rings is 1. The van der Waals surface area contributed by atoms with Crippen molar-refractivity contribution in [3.63, 3.8) is 0 Å². The second kappa shape index (κ2) is 7.85. The first kappa shape index (κ1) is 17.0. The van der Waals surface area contributed by atoms with E-state index in [4.69, 9.17) is 19.6 Å². The first-order valence-corrected chi connectivity index (χ1v) is 7.99. The quantitative estimate of drug-likeness (QED) is 0.698. The summed E-state index contributed by atoms with van der Waals surface area (Å²) in [7, 11) is 1.57. The zero-order chi connectivity index (χ0) is 17.6. The van der Waals surface area contributed by atoms with Crippen molar-refractivity contribution < 1.29 is 18.3 Å². The standard InChI is InChI=1S/C20H20FNO3/c1-23-20-12-14(11-17(22)18-7-4-10-24-18)8-9-19(20)25-13-15-5-2-3-6-16(15)21/h2-10,12,17H,11,13,22H2,1H3. The summed E-state index contributed by atoms with van der Waals surface area (Å²) in [4.78, 5) is 0. The summed E-state index contributed by atoms with van der Waals surface area (Å²) in [5.41, 5.74) is 7.64. The molecule has 0 amide bonds. The van der Waals surface area contributed by atoms with Crippen LogP contribution in [-0.4, -0.2) is 7.11 Å². The van der Waals surface area contributed by atoms with Gasteiger partial charge < -0.3 is 19.6 Å². The van der Waals surface area contributed by atoms with E-state index in [9.17, 15) is 4.39 Å². The molecule has 1 aromatic heterocycles. The summed E-state index contributed by atoms with van der Waals surface area (Å²) in [6, 6.07) is 15.6. The maximum atomic E-state index is 13.7. The third-order valence-electron chi connectivity index (χ3n) is 3.93. The molecular weight excluding hydrogens is 321 g/mol. The van der Waals surface area contributed by atoms with Gasteiger partial charge in [0.2, 0.25) is 0 Å². The molecule has 0 fully saturated rings. The highest BCUT2D eigenvalue weighted by Crippen LogP contribution is 2.30. The van der Waals surface area contributed by atoms with Gasteiger partial charge in [-0.15, -0.1) is 0 Å². The molecular formula is C20H20FNO3. The van der Waals surface area contributed by atoms with Crippen molar-refractivity contribution in [1.82, 2.24) is 0 Å². The minimum Gasteiger partial charge on any atom is -0.493 e. The fourth-order valence-corrected chi connectivity index (χ4v) is 2.59. The van der Waals surface area contributed by atoms with Crippen LogP contribution in [0.3, 0.4) is 0 Å². The van der Waals surface area contributed by atoms with Gasteiger partial charge in [-0.25, -0.2) is 4.39 Å². The van der Waals surface area contributed by atoms with Crippen molar-refractivity contribution in [2.24, 2.45) is 5.73 Å². The molecule has 5 heteroatoms. The first-order chi connectivity index (χ1) is 12.2. The lowest BCUT2D eigenvalue weighted by atomic mass is 10.0. The SMILES string of the molecule is COc1cc(CC(N)c2ccco2)ccc1OCc1ccccc1F. The molecule has 3 rings (SSSR count). The molecule has 1 atom stereocenters. The lowest BCUT2D eigenvalue weighted by Gasteiger charge is -2.14. The van der Waals surface area contributed by atoms with Crippen LogP contribution < -0.4 is 15.2 Å². The minimum absolute atomic E-state index is 0.133. The van der Waals surface area contributed by atoms with Crippen molar-refractivity contribution in [3.8, 4) is 11.5 Å². The van der Waals surface area contributed by atoms with Crippen LogP contribution in [0, 0.1) is 5.82 Å². The van der Waals surface area contributed by atoms with Crippen LogP contribution in [0.4, 0.5) is 4.39 Å². The summed E-state index contributed by atoms with van der Waals surface area (Å²) >= 11 is 0. The molecule has 0 spiro atoms. The second-order valence-corrected chi connectivity index (χ2v) is 5.69. The zero-order valence-corrected chi connectivity index (χ0v) is 13.9. The molecule has 4 nitrogen and oxygen atoms in total. The van der Waals surface area contributed by atoms with Gasteiger partial charge in [0.05, 0.1) is 19.4 Å². The van der Waals surface area contributed by atoms with Gasteiger partial charge >= 0.3 is 0 Å². The first-order valence-electron chi connectivity index (χ1n) is 7.99. The van der Waals surface area contributed by atoms with Crippen LogP contribution in [0.5, 0.6) is 11.5 Å². The van der Waals surface area contributed by atoms with E-state index in [2.05, 4.69) is 0 Å². The Morgan fingerprint density at radius 1 is 1.08 bits per heavy atom. The van der Waals surface area contributed by atoms with Crippen molar-refractivity contribution in [1.29, 1.82) is 0 Å². The number of halogens is 1. The number of benzene rings is 2. The predicted octanol–water partition coefficient (Wildman–Crippen LogP) is 4.25. The number of methoxy groups -OCH3 is 1. The lowest BCUT2D eigenvalue weighted by Crippen LogP contribution is -2.12. The van der Waals surface area contributed by atoms with E-state index in [1.165, 1.54) is 6.07 Å². The number of rotatable bonds is 7. The van der Waals surface area contributed by atoms with Gasteiger partial charge in [-0.05, 0) is 42.3 Å². The predicted molar refractivity (Wildman–Crippen MR) is 93.1 cm³/mol. The Morgan fingerprint density at radius 3 is 2.64 bits per heavy atom. The highest BCUT2D eigenvalue weighted by molar-refractivity contribution is 5.43. The molecule has 0 bridgehead atoms. The Labute approximate surface area is 146 Å². The Kier molecular flexibility index (Phi) is 5.36. The fourth-order valence-electron chi connectivity index (χ4n) is 2.59. The number of nitrogens with two attached hydrogens (primary N) is 1. The van der Waals surface area contributed by atoms with E-state index in [1.807, 2.05) is 30.3 Å². The molecule has 25 heavy (non-hydrogen) atoms. The highest BCUT2D eigenvalue weighted by atomic mass is 19.1. The maximum Gasteiger partial charge on any atom is 0.161 e. The molecule has 2 N–H and O–H groups in total. The average Bonchev–Trinajstić information content (AvgIpc) is 3.16. The van der Waals surface area contributed by atoms with Crippen LogP contribution in [-0.2, 0) is 13.0 Å². The summed E-state index contributed by atoms with van der Waals surface area (Å²) in [5, 5.41) is 0. The van der Waals surface area contributed by atoms with Gasteiger partial charge in [0, 0.05) is 5.56 Å². The molecule has 0 aliphatic carbocycles. The van der Waals surface area contributed by atoms with E-state index in [1.54, 1.807) is 31.6 Å². The molecule has 0 radical (unpaired) electrons. The molecule has 1 heterocycles. The van der Waals surface area contributed by atoms with E-state index >= 15 is 0 Å². The van der Waals surface area contributed by atoms with E-state index in [0.717, 1.165) is 11.3 Å². The average molecular weight is 341 g/mol. The van der Waals surface area contributed by atoms with Gasteiger partial charge in [0.1, 0.15) is 18.2 Å². The van der Waals surface area contributed by atoms with Crippen LogP contribution >= 0.6 is 0 Å². The summed E-state index contributed by atoms with van der Waals surface area (Å²) in [6.07, 6.45) is 2.22. The summed E-state index contributed by atoms with van der Waals surface area (Å²) < 4.78 is 30.1. The largest absolute Gasteiger partial charge is 0.493 e. The lowest BCUT2D eigenvalue weighted by molar-refractivity contribution is 0.279. The fraction of sp³-hybridized carbons (Fsp3) is 0.200. The van der Waals surface area contributed by atoms with Gasteiger partial charge in [-0.3, -0.25) is 0 Å². The zero-order valence-electron chi connectivity index (χ0n) is 13.9. The Balaban J connectivity index is 1.70. The molecule has 0 aliphatic rings. The van der Waals surface area contributed by atoms with Crippen LogP contribution in [0.2, 0.25) is 0 Å². The highest BCUT2D eigenvalue weighted by Gasteiger charge is 2.13. The molecule has 1 unspecified atom stereocenters. The summed E-state index contributed by atoms with van der Waals surface area (Å²) in [6.45, 7) is 0.133. The molecule has 2 aromatic carbocycles. The molecule has 0 saturated carbocycles. The molecule has 0 saturated heterocycles. The van der Waals surface area contributed by atoms with Gasteiger partial charge in [0.25, 0.3) is 0 Å². The van der Waals surface area contributed by atoms with Gasteiger partial charge in [-0.1, -0.05) is 24.3 Å². The number of ether oxygens (including phenoxy) is 2. The van der Waals surface area contributed by atoms with E-state index < -0.39 is 0 Å². The molecule has 0 aliphatic heterocycles. The summed E-state index contributed by atoms with van der Waals surface area (Å²) in [5.74, 6) is 1.59. The van der Waals surface area contributed by atoms with E-state index in [-0.39, 0.29) is 18.5 Å². The molecule has 3 aromatic rings. The minimum atomic E-state index is -0.289. The smallest absolute Gasteiger partial charge is 0.161 e. The normalized spacial score (nSPS) is 12.0. The number of hydrogen-bond acceptors (Lipinski definition) is 4. The van der Waals surface area contributed by atoms with Crippen LogP contribution in [0.1, 0.15) is 22.9 Å². The van der Waals surface area contributed by atoms with E-state index in [0.29, 0.717) is 23.5 Å². The van der Waals surface area contributed by atoms with Crippen molar-refractivity contribution >= 4 is 0 Å². The number of hydrogen-bond donors (Lipinski definition) is 1. The Morgan fingerprint density at radius 2 is 1.92 bits per heavy atom. The van der Waals surface area contributed by atoms with Crippen molar-refractivity contribution in [2.45, 2.75) is 19.1 Å². The third-order valence-corrected chi connectivity index (χ3v) is 3.93. The molecule has 130 valence electrons. The maximum absolute atomic E-state index is 13.7. The Bertz CT molecular complexity index is 818. The second-order valence-electron chi connectivity index (χ2n) is 5.69. The van der Waals surface area contributed by atoms with Crippen molar-refractivity contribution in [3.05, 3.63) is 83.6 Å². The Hall–Kier alpha value is -2.79.